The summed E-state index contributed by atoms with van der Waals surface area (Å²) in [6, 6.07) is 8.11. The fourth-order valence-corrected chi connectivity index (χ4v) is 2.83. The Hall–Kier alpha value is -1.62. The number of hydrogen-bond acceptors (Lipinski definition) is 5. The summed E-state index contributed by atoms with van der Waals surface area (Å²) in [6.07, 6.45) is 0.375. The molecule has 1 unspecified atom stereocenters. The summed E-state index contributed by atoms with van der Waals surface area (Å²) in [5.74, 6) is -0.164. The van der Waals surface area contributed by atoms with Crippen LogP contribution in [0.15, 0.2) is 24.3 Å². The highest BCUT2D eigenvalue weighted by Crippen LogP contribution is 2.29. The minimum Gasteiger partial charge on any atom is -0.466 e. The lowest BCUT2D eigenvalue weighted by Gasteiger charge is -2.23. The van der Waals surface area contributed by atoms with Gasteiger partial charge in [0, 0.05) is 13.1 Å². The summed E-state index contributed by atoms with van der Waals surface area (Å²) in [7, 11) is 1.96. The molecule has 0 radical (unpaired) electrons. The molecule has 0 saturated heterocycles. The van der Waals surface area contributed by atoms with Gasteiger partial charge >= 0.3 is 5.97 Å². The predicted molar refractivity (Wildman–Crippen MR) is 78.7 cm³/mol. The van der Waals surface area contributed by atoms with Crippen molar-refractivity contribution in [1.29, 1.82) is 0 Å². The topological polar surface area (TPSA) is 42.4 Å². The van der Waals surface area contributed by atoms with Crippen LogP contribution in [0.2, 0.25) is 0 Å². The highest BCUT2D eigenvalue weighted by atomic mass is 32.1. The van der Waals surface area contributed by atoms with Crippen LogP contribution in [0.25, 0.3) is 10.2 Å². The molecule has 1 aromatic carbocycles. The van der Waals surface area contributed by atoms with E-state index in [2.05, 4.69) is 11.1 Å². The number of carbonyl (C=O) groups excluding carboxylic acids is 1. The highest BCUT2D eigenvalue weighted by molar-refractivity contribution is 7.22. The Morgan fingerprint density at radius 1 is 1.47 bits per heavy atom. The number of thiazole rings is 1. The van der Waals surface area contributed by atoms with Crippen molar-refractivity contribution in [2.45, 2.75) is 26.3 Å². The molecule has 5 heteroatoms. The summed E-state index contributed by atoms with van der Waals surface area (Å²) >= 11 is 1.64. The summed E-state index contributed by atoms with van der Waals surface area (Å²) < 4.78 is 6.13. The Morgan fingerprint density at radius 2 is 2.21 bits per heavy atom. The van der Waals surface area contributed by atoms with Gasteiger partial charge in [-0.3, -0.25) is 4.79 Å². The molecule has 0 fully saturated rings. The monoisotopic (exact) mass is 278 g/mol. The van der Waals surface area contributed by atoms with Crippen LogP contribution >= 0.6 is 11.3 Å². The van der Waals surface area contributed by atoms with Crippen molar-refractivity contribution in [3.05, 3.63) is 24.3 Å². The average molecular weight is 278 g/mol. The molecule has 1 atom stereocenters. The van der Waals surface area contributed by atoms with E-state index in [1.165, 1.54) is 0 Å². The standard InChI is InChI=1S/C14H18N2O2S/c1-4-18-13(17)9-10(2)16(3)14-15-11-7-5-6-8-12(11)19-14/h5-8,10H,4,9H2,1-3H3. The number of nitrogens with zero attached hydrogens (tertiary/aromatic N) is 2. The second-order valence-electron chi connectivity index (χ2n) is 4.43. The van der Waals surface area contributed by atoms with Crippen LogP contribution < -0.4 is 4.90 Å². The third-order valence-electron chi connectivity index (χ3n) is 3.01. The minimum absolute atomic E-state index is 0.0691. The van der Waals surface area contributed by atoms with Gasteiger partial charge in [0.2, 0.25) is 0 Å². The number of ether oxygens (including phenoxy) is 1. The molecule has 0 bridgehead atoms. The molecule has 0 saturated carbocycles. The maximum absolute atomic E-state index is 11.5. The van der Waals surface area contributed by atoms with E-state index in [0.717, 1.165) is 15.3 Å². The quantitative estimate of drug-likeness (QED) is 0.788. The fraction of sp³-hybridized carbons (Fsp3) is 0.429. The van der Waals surface area contributed by atoms with Crippen LogP contribution in [0, 0.1) is 0 Å². The van der Waals surface area contributed by atoms with Crippen molar-refractivity contribution in [3.63, 3.8) is 0 Å². The zero-order valence-electron chi connectivity index (χ0n) is 11.4. The molecule has 2 rings (SSSR count). The third kappa shape index (κ3) is 3.23. The number of rotatable bonds is 5. The molecule has 1 heterocycles. The van der Waals surface area contributed by atoms with Crippen LogP contribution in [0.1, 0.15) is 20.3 Å². The molecule has 19 heavy (non-hydrogen) atoms. The molecule has 1 aromatic heterocycles. The van der Waals surface area contributed by atoms with Crippen LogP contribution in [0.3, 0.4) is 0 Å². The highest BCUT2D eigenvalue weighted by Gasteiger charge is 2.17. The summed E-state index contributed by atoms with van der Waals surface area (Å²) in [5.41, 5.74) is 0.998. The van der Waals surface area contributed by atoms with Gasteiger partial charge in [0.15, 0.2) is 5.13 Å². The maximum Gasteiger partial charge on any atom is 0.307 e. The first-order chi connectivity index (χ1) is 9.11. The number of para-hydroxylation sites is 1. The lowest BCUT2D eigenvalue weighted by molar-refractivity contribution is -0.143. The molecule has 102 valence electrons. The number of benzene rings is 1. The Balaban J connectivity index is 2.09. The molecule has 0 N–H and O–H groups in total. The number of fused-ring (bicyclic) bond motifs is 1. The predicted octanol–water partition coefficient (Wildman–Crippen LogP) is 3.07. The van der Waals surface area contributed by atoms with Gasteiger partial charge in [-0.15, -0.1) is 0 Å². The molecule has 0 spiro atoms. The molecule has 2 aromatic rings. The van der Waals surface area contributed by atoms with Gasteiger partial charge in [-0.1, -0.05) is 23.5 Å². The SMILES string of the molecule is CCOC(=O)CC(C)N(C)c1nc2ccccc2s1. The van der Waals surface area contributed by atoms with E-state index in [4.69, 9.17) is 4.74 Å². The number of carbonyl (C=O) groups is 1. The summed E-state index contributed by atoms with van der Waals surface area (Å²) in [5, 5.41) is 0.929. The van der Waals surface area contributed by atoms with Crippen LogP contribution in [-0.2, 0) is 9.53 Å². The second kappa shape index (κ2) is 6.02. The zero-order valence-corrected chi connectivity index (χ0v) is 12.2. The molecular formula is C14H18N2O2S. The van der Waals surface area contributed by atoms with E-state index in [1.807, 2.05) is 44.0 Å². The van der Waals surface area contributed by atoms with Gasteiger partial charge in [-0.2, -0.15) is 0 Å². The molecule has 0 aliphatic carbocycles. The normalized spacial score (nSPS) is 12.4. The first-order valence-electron chi connectivity index (χ1n) is 6.36. The van der Waals surface area contributed by atoms with E-state index in [0.29, 0.717) is 13.0 Å². The molecule has 0 amide bonds. The molecule has 4 nitrogen and oxygen atoms in total. The third-order valence-corrected chi connectivity index (χ3v) is 4.14. The smallest absolute Gasteiger partial charge is 0.307 e. The van der Waals surface area contributed by atoms with E-state index in [9.17, 15) is 4.79 Å². The average Bonchev–Trinajstić information content (AvgIpc) is 2.81. The van der Waals surface area contributed by atoms with Gasteiger partial charge in [-0.05, 0) is 26.0 Å². The van der Waals surface area contributed by atoms with Crippen molar-refractivity contribution < 1.29 is 9.53 Å². The lowest BCUT2D eigenvalue weighted by Crippen LogP contribution is -2.31. The number of hydrogen-bond donors (Lipinski definition) is 0. The van der Waals surface area contributed by atoms with Gasteiger partial charge in [-0.25, -0.2) is 4.98 Å². The Bertz CT molecular complexity index is 534. The van der Waals surface area contributed by atoms with Crippen LogP contribution in [0.5, 0.6) is 0 Å². The van der Waals surface area contributed by atoms with Crippen molar-refractivity contribution in [1.82, 2.24) is 4.98 Å². The molecule has 0 aliphatic heterocycles. The molecular weight excluding hydrogens is 260 g/mol. The van der Waals surface area contributed by atoms with Gasteiger partial charge in [0.05, 0.1) is 23.2 Å². The van der Waals surface area contributed by atoms with Crippen molar-refractivity contribution in [2.75, 3.05) is 18.6 Å². The minimum atomic E-state index is -0.164. The Morgan fingerprint density at radius 3 is 2.89 bits per heavy atom. The lowest BCUT2D eigenvalue weighted by atomic mass is 10.2. The van der Waals surface area contributed by atoms with Crippen molar-refractivity contribution >= 4 is 32.7 Å². The number of esters is 1. The summed E-state index contributed by atoms with van der Waals surface area (Å²) in [4.78, 5) is 18.1. The van der Waals surface area contributed by atoms with Crippen LogP contribution in [0.4, 0.5) is 5.13 Å². The van der Waals surface area contributed by atoms with Crippen molar-refractivity contribution in [2.24, 2.45) is 0 Å². The largest absolute Gasteiger partial charge is 0.466 e. The second-order valence-corrected chi connectivity index (χ2v) is 5.44. The maximum atomic E-state index is 11.5. The number of anilines is 1. The van der Waals surface area contributed by atoms with Gasteiger partial charge in [0.1, 0.15) is 0 Å². The van der Waals surface area contributed by atoms with Crippen molar-refractivity contribution in [3.8, 4) is 0 Å². The van der Waals surface area contributed by atoms with E-state index >= 15 is 0 Å². The van der Waals surface area contributed by atoms with Gasteiger partial charge in [0.25, 0.3) is 0 Å². The van der Waals surface area contributed by atoms with Gasteiger partial charge < -0.3 is 9.64 Å². The Kier molecular flexibility index (Phi) is 4.37. The number of aromatic nitrogens is 1. The fourth-order valence-electron chi connectivity index (χ4n) is 1.80. The first kappa shape index (κ1) is 13.8. The summed E-state index contributed by atoms with van der Waals surface area (Å²) in [6.45, 7) is 4.25. The van der Waals surface area contributed by atoms with E-state index in [-0.39, 0.29) is 12.0 Å². The Labute approximate surface area is 117 Å². The molecule has 0 aliphatic rings. The van der Waals surface area contributed by atoms with Crippen LogP contribution in [-0.4, -0.2) is 30.6 Å². The van der Waals surface area contributed by atoms with E-state index in [1.54, 1.807) is 11.3 Å². The zero-order chi connectivity index (χ0) is 13.8. The first-order valence-corrected chi connectivity index (χ1v) is 7.17. The van der Waals surface area contributed by atoms with E-state index < -0.39 is 0 Å².